The molecule has 2 rings (SSSR count). The number of halogens is 1. The van der Waals surface area contributed by atoms with Crippen LogP contribution in [0.15, 0.2) is 18.2 Å². The molecule has 2 heteroatoms. The predicted octanol–water partition coefficient (Wildman–Crippen LogP) is 4.13. The zero-order valence-electron chi connectivity index (χ0n) is 10.4. The molecule has 0 saturated carbocycles. The summed E-state index contributed by atoms with van der Waals surface area (Å²) in [6, 6.07) is 4.84. The van der Waals surface area contributed by atoms with Gasteiger partial charge >= 0.3 is 0 Å². The van der Waals surface area contributed by atoms with Crippen LogP contribution in [0, 0.1) is 11.7 Å². The van der Waals surface area contributed by atoms with Gasteiger partial charge in [-0.15, -0.1) is 0 Å². The largest absolute Gasteiger partial charge is 0.488 e. The first-order valence-corrected chi connectivity index (χ1v) is 5.87. The number of benzene rings is 1. The third-order valence-corrected chi connectivity index (χ3v) is 3.27. The molecule has 0 spiro atoms. The summed E-state index contributed by atoms with van der Waals surface area (Å²) >= 11 is 0. The average Bonchev–Trinajstić information content (AvgIpc) is 2.16. The van der Waals surface area contributed by atoms with Crippen molar-refractivity contribution in [3.8, 4) is 5.75 Å². The van der Waals surface area contributed by atoms with Crippen molar-refractivity contribution in [2.75, 3.05) is 0 Å². The smallest absolute Gasteiger partial charge is 0.123 e. The van der Waals surface area contributed by atoms with Crippen LogP contribution in [0.3, 0.4) is 0 Å². The molecule has 1 aromatic carbocycles. The molecule has 0 saturated heterocycles. The minimum absolute atomic E-state index is 0.153. The highest BCUT2D eigenvalue weighted by molar-refractivity contribution is 5.39. The van der Waals surface area contributed by atoms with Crippen LogP contribution in [0.25, 0.3) is 0 Å². The predicted molar refractivity (Wildman–Crippen MR) is 63.3 cm³/mol. The fourth-order valence-corrected chi connectivity index (χ4v) is 2.48. The van der Waals surface area contributed by atoms with E-state index in [-0.39, 0.29) is 11.4 Å². The first-order chi connectivity index (χ1) is 7.39. The molecule has 1 aromatic rings. The molecule has 88 valence electrons. The molecule has 0 amide bonds. The minimum atomic E-state index is -0.173. The topological polar surface area (TPSA) is 9.23 Å². The molecule has 1 heterocycles. The monoisotopic (exact) mass is 222 g/mol. The fourth-order valence-electron chi connectivity index (χ4n) is 2.48. The number of ether oxygens (including phenoxy) is 1. The van der Waals surface area contributed by atoms with Gasteiger partial charge in [0.15, 0.2) is 0 Å². The average molecular weight is 222 g/mol. The van der Waals surface area contributed by atoms with Gasteiger partial charge in [-0.25, -0.2) is 4.39 Å². The van der Waals surface area contributed by atoms with Gasteiger partial charge in [0.2, 0.25) is 0 Å². The third-order valence-electron chi connectivity index (χ3n) is 3.27. The summed E-state index contributed by atoms with van der Waals surface area (Å²) in [6.07, 6.45) is 0.946. The van der Waals surface area contributed by atoms with Gasteiger partial charge in [-0.2, -0.15) is 0 Å². The van der Waals surface area contributed by atoms with E-state index in [1.54, 1.807) is 12.1 Å². The van der Waals surface area contributed by atoms with Gasteiger partial charge in [0.05, 0.1) is 0 Å². The minimum Gasteiger partial charge on any atom is -0.488 e. The van der Waals surface area contributed by atoms with Gasteiger partial charge in [-0.1, -0.05) is 13.8 Å². The molecule has 1 nitrogen and oxygen atoms in total. The zero-order chi connectivity index (χ0) is 11.9. The van der Waals surface area contributed by atoms with Gasteiger partial charge in [0.1, 0.15) is 17.2 Å². The van der Waals surface area contributed by atoms with Crippen LogP contribution < -0.4 is 4.74 Å². The normalized spacial score (nSPS) is 22.8. The van der Waals surface area contributed by atoms with Crippen LogP contribution in [-0.4, -0.2) is 5.60 Å². The van der Waals surface area contributed by atoms with Crippen LogP contribution in [0.1, 0.15) is 45.6 Å². The molecule has 1 aliphatic heterocycles. The molecule has 1 aliphatic rings. The van der Waals surface area contributed by atoms with Gasteiger partial charge in [-0.3, -0.25) is 0 Å². The summed E-state index contributed by atoms with van der Waals surface area (Å²) in [5.41, 5.74) is 0.870. The van der Waals surface area contributed by atoms with Crippen LogP contribution in [-0.2, 0) is 0 Å². The van der Waals surface area contributed by atoms with Crippen molar-refractivity contribution >= 4 is 0 Å². The highest BCUT2D eigenvalue weighted by Gasteiger charge is 2.35. The Bertz CT molecular complexity index is 396. The number of fused-ring (bicyclic) bond motifs is 1. The Kier molecular flexibility index (Phi) is 2.69. The van der Waals surface area contributed by atoms with Gasteiger partial charge in [-0.05, 0) is 50.3 Å². The van der Waals surface area contributed by atoms with Crippen LogP contribution in [0.4, 0.5) is 4.39 Å². The van der Waals surface area contributed by atoms with Gasteiger partial charge < -0.3 is 4.74 Å². The van der Waals surface area contributed by atoms with E-state index in [0.717, 1.165) is 17.7 Å². The van der Waals surface area contributed by atoms with E-state index in [4.69, 9.17) is 4.74 Å². The summed E-state index contributed by atoms with van der Waals surface area (Å²) in [6.45, 7) is 8.55. The lowest BCUT2D eigenvalue weighted by atomic mass is 9.78. The first-order valence-electron chi connectivity index (χ1n) is 5.87. The third kappa shape index (κ3) is 2.06. The lowest BCUT2D eigenvalue weighted by Crippen LogP contribution is -2.36. The van der Waals surface area contributed by atoms with Gasteiger partial charge in [0, 0.05) is 5.56 Å². The van der Waals surface area contributed by atoms with Crippen molar-refractivity contribution in [2.24, 2.45) is 5.92 Å². The Labute approximate surface area is 96.6 Å². The van der Waals surface area contributed by atoms with Crippen LogP contribution in [0.5, 0.6) is 5.75 Å². The number of hydrogen-bond donors (Lipinski definition) is 0. The molecule has 16 heavy (non-hydrogen) atoms. The standard InChI is InChI=1S/C14H19FO/c1-9(2)12-8-14(3,4)16-13-6-5-10(15)7-11(12)13/h5-7,9,12H,8H2,1-4H3/t12-/m1/s1. The quantitative estimate of drug-likeness (QED) is 0.694. The highest BCUT2D eigenvalue weighted by Crippen LogP contribution is 2.44. The maximum atomic E-state index is 13.3. The highest BCUT2D eigenvalue weighted by atomic mass is 19.1. The first kappa shape index (κ1) is 11.4. The zero-order valence-corrected chi connectivity index (χ0v) is 10.4. The van der Waals surface area contributed by atoms with Crippen molar-refractivity contribution < 1.29 is 9.13 Å². The Balaban J connectivity index is 2.47. The Morgan fingerprint density at radius 1 is 1.38 bits per heavy atom. The molecular formula is C14H19FO. The van der Waals surface area contributed by atoms with E-state index < -0.39 is 0 Å². The second kappa shape index (κ2) is 3.76. The summed E-state index contributed by atoms with van der Waals surface area (Å²) in [5, 5.41) is 0. The van der Waals surface area contributed by atoms with E-state index in [1.807, 2.05) is 0 Å². The van der Waals surface area contributed by atoms with Crippen LogP contribution in [0.2, 0.25) is 0 Å². The number of hydrogen-bond acceptors (Lipinski definition) is 1. The van der Waals surface area contributed by atoms with Gasteiger partial charge in [0.25, 0.3) is 0 Å². The summed E-state index contributed by atoms with van der Waals surface area (Å²) < 4.78 is 19.2. The summed E-state index contributed by atoms with van der Waals surface area (Å²) in [4.78, 5) is 0. The van der Waals surface area contributed by atoms with Crippen molar-refractivity contribution in [2.45, 2.75) is 45.6 Å². The second-order valence-electron chi connectivity index (χ2n) is 5.60. The molecule has 0 radical (unpaired) electrons. The maximum absolute atomic E-state index is 13.3. The van der Waals surface area contributed by atoms with E-state index >= 15 is 0 Å². The molecule has 0 bridgehead atoms. The lowest BCUT2D eigenvalue weighted by molar-refractivity contribution is 0.0637. The number of rotatable bonds is 1. The Hall–Kier alpha value is -1.05. The second-order valence-corrected chi connectivity index (χ2v) is 5.60. The summed E-state index contributed by atoms with van der Waals surface area (Å²) in [7, 11) is 0. The molecule has 0 unspecified atom stereocenters. The van der Waals surface area contributed by atoms with Crippen molar-refractivity contribution in [3.63, 3.8) is 0 Å². The fraction of sp³-hybridized carbons (Fsp3) is 0.571. The molecule has 0 aromatic heterocycles. The van der Waals surface area contributed by atoms with Crippen molar-refractivity contribution in [1.82, 2.24) is 0 Å². The molecule has 0 aliphatic carbocycles. The molecule has 0 fully saturated rings. The van der Waals surface area contributed by atoms with E-state index in [0.29, 0.717) is 11.8 Å². The van der Waals surface area contributed by atoms with Crippen LogP contribution >= 0.6 is 0 Å². The Morgan fingerprint density at radius 2 is 2.06 bits per heavy atom. The van der Waals surface area contributed by atoms with E-state index in [1.165, 1.54) is 6.07 Å². The van der Waals surface area contributed by atoms with E-state index in [2.05, 4.69) is 27.7 Å². The molecular weight excluding hydrogens is 203 g/mol. The van der Waals surface area contributed by atoms with E-state index in [9.17, 15) is 4.39 Å². The molecule has 0 N–H and O–H groups in total. The van der Waals surface area contributed by atoms with Crippen molar-refractivity contribution in [3.05, 3.63) is 29.6 Å². The maximum Gasteiger partial charge on any atom is 0.123 e. The molecule has 1 atom stereocenters. The summed E-state index contributed by atoms with van der Waals surface area (Å²) in [5.74, 6) is 1.56. The SMILES string of the molecule is CC(C)[C@H]1CC(C)(C)Oc2ccc(F)cc21. The van der Waals surface area contributed by atoms with Crippen molar-refractivity contribution in [1.29, 1.82) is 0 Å². The Morgan fingerprint density at radius 3 is 2.69 bits per heavy atom. The lowest BCUT2D eigenvalue weighted by Gasteiger charge is -2.39.